The van der Waals surface area contributed by atoms with Crippen LogP contribution in [0.3, 0.4) is 0 Å². The van der Waals surface area contributed by atoms with Gasteiger partial charge in [-0.3, -0.25) is 0 Å². The molecule has 108 valence electrons. The highest BCUT2D eigenvalue weighted by Crippen LogP contribution is 2.31. The summed E-state index contributed by atoms with van der Waals surface area (Å²) in [7, 11) is 0. The van der Waals surface area contributed by atoms with Crippen molar-refractivity contribution in [2.75, 3.05) is 6.54 Å². The zero-order valence-corrected chi connectivity index (χ0v) is 14.4. The molecule has 2 rings (SSSR count). The van der Waals surface area contributed by atoms with Crippen molar-refractivity contribution in [3.63, 3.8) is 0 Å². The summed E-state index contributed by atoms with van der Waals surface area (Å²) in [5.41, 5.74) is 8.47. The van der Waals surface area contributed by atoms with Gasteiger partial charge in [0.2, 0.25) is 0 Å². The van der Waals surface area contributed by atoms with E-state index in [2.05, 4.69) is 54.9 Å². The number of benzene rings is 1. The molecule has 0 aliphatic heterocycles. The highest BCUT2D eigenvalue weighted by atomic mass is 79.9. The van der Waals surface area contributed by atoms with E-state index in [4.69, 9.17) is 10.5 Å². The molecular weight excluding hydrogens is 334 g/mol. The number of ether oxygens (including phenoxy) is 1. The Bertz CT molecular complexity index is 580. The fraction of sp³-hybridized carbons (Fsp3) is 0.375. The van der Waals surface area contributed by atoms with Gasteiger partial charge in [-0.05, 0) is 64.2 Å². The van der Waals surface area contributed by atoms with E-state index < -0.39 is 0 Å². The molecule has 0 radical (unpaired) electrons. The number of halogens is 1. The molecule has 1 atom stereocenters. The average Bonchev–Trinajstić information content (AvgIpc) is 2.82. The van der Waals surface area contributed by atoms with Crippen molar-refractivity contribution >= 4 is 27.3 Å². The highest BCUT2D eigenvalue weighted by molar-refractivity contribution is 9.11. The van der Waals surface area contributed by atoms with Crippen molar-refractivity contribution in [2.45, 2.75) is 32.8 Å². The Morgan fingerprint density at radius 2 is 2.00 bits per heavy atom. The molecule has 4 heteroatoms. The van der Waals surface area contributed by atoms with Gasteiger partial charge in [-0.2, -0.15) is 0 Å². The second kappa shape index (κ2) is 6.74. The minimum Gasteiger partial charge on any atom is -0.484 e. The van der Waals surface area contributed by atoms with Gasteiger partial charge in [0.25, 0.3) is 0 Å². The van der Waals surface area contributed by atoms with Gasteiger partial charge in [0.05, 0.1) is 3.79 Å². The van der Waals surface area contributed by atoms with E-state index in [9.17, 15) is 0 Å². The molecule has 1 unspecified atom stereocenters. The molecule has 1 aromatic heterocycles. The molecule has 0 bridgehead atoms. The molecule has 0 fully saturated rings. The Balaban J connectivity index is 2.18. The Morgan fingerprint density at radius 3 is 2.50 bits per heavy atom. The van der Waals surface area contributed by atoms with Crippen molar-refractivity contribution in [3.05, 3.63) is 50.1 Å². The summed E-state index contributed by atoms with van der Waals surface area (Å²) in [5.74, 6) is 1.41. The number of aryl methyl sites for hydroxylation is 1. The van der Waals surface area contributed by atoms with Crippen LogP contribution in [0.1, 0.15) is 41.9 Å². The van der Waals surface area contributed by atoms with E-state index in [0.29, 0.717) is 12.5 Å². The zero-order valence-electron chi connectivity index (χ0n) is 12.0. The minimum atomic E-state index is -0.0874. The lowest BCUT2D eigenvalue weighted by atomic mass is 9.98. The average molecular weight is 354 g/mol. The molecule has 2 N–H and O–H groups in total. The second-order valence-corrected chi connectivity index (χ2v) is 7.65. The van der Waals surface area contributed by atoms with Crippen LogP contribution in [0.2, 0.25) is 0 Å². The molecule has 2 nitrogen and oxygen atoms in total. The Morgan fingerprint density at radius 1 is 1.25 bits per heavy atom. The summed E-state index contributed by atoms with van der Waals surface area (Å²) in [4.78, 5) is 1.14. The van der Waals surface area contributed by atoms with Crippen LogP contribution < -0.4 is 10.5 Å². The van der Waals surface area contributed by atoms with E-state index in [0.717, 1.165) is 14.4 Å². The fourth-order valence-corrected chi connectivity index (χ4v) is 3.72. The Kier molecular flexibility index (Phi) is 5.24. The molecule has 0 saturated carbocycles. The van der Waals surface area contributed by atoms with Gasteiger partial charge in [0.1, 0.15) is 11.9 Å². The first-order valence-corrected chi connectivity index (χ1v) is 8.34. The van der Waals surface area contributed by atoms with Crippen LogP contribution in [0, 0.1) is 6.92 Å². The van der Waals surface area contributed by atoms with Crippen LogP contribution in [0.5, 0.6) is 5.75 Å². The first-order valence-electron chi connectivity index (χ1n) is 6.73. The normalized spacial score (nSPS) is 12.7. The highest BCUT2D eigenvalue weighted by Gasteiger charge is 2.14. The first kappa shape index (κ1) is 15.5. The molecule has 0 aliphatic carbocycles. The lowest BCUT2D eigenvalue weighted by Gasteiger charge is -2.18. The monoisotopic (exact) mass is 353 g/mol. The Hall–Kier alpha value is -0.840. The quantitative estimate of drug-likeness (QED) is 0.818. The van der Waals surface area contributed by atoms with Crippen LogP contribution in [0.15, 0.2) is 34.1 Å². The number of thiophene rings is 1. The lowest BCUT2D eigenvalue weighted by Crippen LogP contribution is -2.17. The zero-order chi connectivity index (χ0) is 14.7. The third kappa shape index (κ3) is 3.62. The maximum Gasteiger partial charge on any atom is 0.145 e. The third-order valence-electron chi connectivity index (χ3n) is 3.27. The summed E-state index contributed by atoms with van der Waals surface area (Å²) in [6.07, 6.45) is -0.0874. The number of hydrogen-bond acceptors (Lipinski definition) is 3. The predicted molar refractivity (Wildman–Crippen MR) is 89.7 cm³/mol. The van der Waals surface area contributed by atoms with Gasteiger partial charge >= 0.3 is 0 Å². The molecule has 0 saturated heterocycles. The minimum absolute atomic E-state index is 0.0874. The molecule has 1 heterocycles. The second-order valence-electron chi connectivity index (χ2n) is 5.16. The van der Waals surface area contributed by atoms with Crippen LogP contribution in [-0.4, -0.2) is 6.54 Å². The van der Waals surface area contributed by atoms with Gasteiger partial charge < -0.3 is 10.5 Å². The van der Waals surface area contributed by atoms with E-state index in [1.165, 1.54) is 11.1 Å². The molecule has 0 spiro atoms. The molecule has 20 heavy (non-hydrogen) atoms. The molecular formula is C16H20BrNOS. The summed E-state index contributed by atoms with van der Waals surface area (Å²) in [5, 5.41) is 0. The number of hydrogen-bond donors (Lipinski definition) is 1. The van der Waals surface area contributed by atoms with E-state index in [-0.39, 0.29) is 6.10 Å². The third-order valence-corrected chi connectivity index (χ3v) is 4.98. The maximum atomic E-state index is 6.04. The smallest absolute Gasteiger partial charge is 0.145 e. The summed E-state index contributed by atoms with van der Waals surface area (Å²) >= 11 is 5.14. The first-order chi connectivity index (χ1) is 9.51. The van der Waals surface area contributed by atoms with E-state index in [1.807, 2.05) is 12.1 Å². The SMILES string of the molecule is Cc1cc(OC(CN)c2ccc(Br)s2)ccc1C(C)C. The molecule has 0 aliphatic rings. The lowest BCUT2D eigenvalue weighted by molar-refractivity contribution is 0.218. The van der Waals surface area contributed by atoms with Crippen LogP contribution in [0.4, 0.5) is 0 Å². The van der Waals surface area contributed by atoms with Gasteiger partial charge in [-0.15, -0.1) is 11.3 Å². The van der Waals surface area contributed by atoms with Crippen molar-refractivity contribution in [2.24, 2.45) is 5.73 Å². The number of nitrogens with two attached hydrogens (primary N) is 1. The summed E-state index contributed by atoms with van der Waals surface area (Å²) in [6, 6.07) is 10.4. The number of rotatable bonds is 5. The van der Waals surface area contributed by atoms with Crippen molar-refractivity contribution in [1.82, 2.24) is 0 Å². The van der Waals surface area contributed by atoms with Crippen molar-refractivity contribution in [3.8, 4) is 5.75 Å². The van der Waals surface area contributed by atoms with Crippen molar-refractivity contribution < 1.29 is 4.74 Å². The summed E-state index contributed by atoms with van der Waals surface area (Å²) < 4.78 is 7.14. The standard InChI is InChI=1S/C16H20BrNOS/c1-10(2)13-5-4-12(8-11(13)3)19-14(9-18)15-6-7-16(17)20-15/h4-8,10,14H,9,18H2,1-3H3. The Labute approximate surface area is 133 Å². The topological polar surface area (TPSA) is 35.2 Å². The van der Waals surface area contributed by atoms with Crippen molar-refractivity contribution in [1.29, 1.82) is 0 Å². The van der Waals surface area contributed by atoms with E-state index in [1.54, 1.807) is 11.3 Å². The molecule has 2 aromatic rings. The van der Waals surface area contributed by atoms with Crippen LogP contribution >= 0.6 is 27.3 Å². The largest absolute Gasteiger partial charge is 0.484 e. The van der Waals surface area contributed by atoms with E-state index >= 15 is 0 Å². The van der Waals surface area contributed by atoms with Crippen LogP contribution in [0.25, 0.3) is 0 Å². The van der Waals surface area contributed by atoms with Gasteiger partial charge in [-0.25, -0.2) is 0 Å². The maximum absolute atomic E-state index is 6.04. The summed E-state index contributed by atoms with van der Waals surface area (Å²) in [6.45, 7) is 7.00. The van der Waals surface area contributed by atoms with Gasteiger partial charge in [0, 0.05) is 11.4 Å². The predicted octanol–water partition coefficient (Wildman–Crippen LogP) is 5.02. The van der Waals surface area contributed by atoms with Crippen LogP contribution in [-0.2, 0) is 0 Å². The van der Waals surface area contributed by atoms with Gasteiger partial charge in [-0.1, -0.05) is 19.9 Å². The molecule has 1 aromatic carbocycles. The van der Waals surface area contributed by atoms with Gasteiger partial charge in [0.15, 0.2) is 0 Å². The molecule has 0 amide bonds. The fourth-order valence-electron chi connectivity index (χ4n) is 2.26.